The summed E-state index contributed by atoms with van der Waals surface area (Å²) in [6.45, 7) is 2.58. The first-order valence-electron chi connectivity index (χ1n) is 4.39. The first kappa shape index (κ1) is 8.74. The third kappa shape index (κ3) is 1.90. The van der Waals surface area contributed by atoms with Crippen LogP contribution < -0.4 is 4.74 Å². The van der Waals surface area contributed by atoms with E-state index in [0.29, 0.717) is 12.5 Å². The molecule has 0 saturated carbocycles. The Morgan fingerprint density at radius 2 is 2.21 bits per heavy atom. The number of aromatic nitrogens is 3. The molecular formula is C10H11N3O. The van der Waals surface area contributed by atoms with Gasteiger partial charge in [-0.3, -0.25) is 0 Å². The number of hydrogen-bond acceptors (Lipinski definition) is 3. The third-order valence-electron chi connectivity index (χ3n) is 2.03. The molecule has 0 aliphatic carbocycles. The number of hydrogen-bond donors (Lipinski definition) is 1. The van der Waals surface area contributed by atoms with Gasteiger partial charge in [0.15, 0.2) is 0 Å². The maximum atomic E-state index is 5.41. The van der Waals surface area contributed by atoms with Crippen LogP contribution in [0.3, 0.4) is 0 Å². The van der Waals surface area contributed by atoms with Crippen LogP contribution in [0.5, 0.6) is 5.88 Å². The van der Waals surface area contributed by atoms with E-state index >= 15 is 0 Å². The number of aromatic amines is 1. The fourth-order valence-corrected chi connectivity index (χ4v) is 1.18. The summed E-state index contributed by atoms with van der Waals surface area (Å²) < 4.78 is 5.41. The van der Waals surface area contributed by atoms with Crippen LogP contribution in [0, 0.1) is 6.92 Å². The molecule has 1 heterocycles. The van der Waals surface area contributed by atoms with Crippen molar-refractivity contribution in [2.45, 2.75) is 13.5 Å². The van der Waals surface area contributed by atoms with Gasteiger partial charge < -0.3 is 4.74 Å². The largest absolute Gasteiger partial charge is 0.471 e. The van der Waals surface area contributed by atoms with E-state index in [9.17, 15) is 0 Å². The Morgan fingerprint density at radius 1 is 1.36 bits per heavy atom. The molecule has 1 aromatic carbocycles. The number of benzene rings is 1. The molecule has 0 radical (unpaired) electrons. The van der Waals surface area contributed by atoms with Crippen LogP contribution in [-0.4, -0.2) is 15.4 Å². The SMILES string of the molecule is Cc1ccccc1COc1cn[nH]n1. The van der Waals surface area contributed by atoms with Crippen molar-refractivity contribution in [3.05, 3.63) is 41.6 Å². The topological polar surface area (TPSA) is 50.8 Å². The van der Waals surface area contributed by atoms with E-state index < -0.39 is 0 Å². The lowest BCUT2D eigenvalue weighted by molar-refractivity contribution is 0.292. The lowest BCUT2D eigenvalue weighted by atomic mass is 10.1. The van der Waals surface area contributed by atoms with Crippen molar-refractivity contribution in [1.82, 2.24) is 15.4 Å². The van der Waals surface area contributed by atoms with Crippen molar-refractivity contribution in [2.24, 2.45) is 0 Å². The summed E-state index contributed by atoms with van der Waals surface area (Å²) in [5.41, 5.74) is 2.38. The van der Waals surface area contributed by atoms with Gasteiger partial charge in [-0.2, -0.15) is 10.3 Å². The quantitative estimate of drug-likeness (QED) is 0.799. The van der Waals surface area contributed by atoms with E-state index in [1.54, 1.807) is 6.20 Å². The molecule has 0 spiro atoms. The lowest BCUT2D eigenvalue weighted by Crippen LogP contribution is -1.97. The van der Waals surface area contributed by atoms with Gasteiger partial charge in [0.25, 0.3) is 5.88 Å². The van der Waals surface area contributed by atoms with Gasteiger partial charge >= 0.3 is 0 Å². The summed E-state index contributed by atoms with van der Waals surface area (Å²) in [4.78, 5) is 0. The van der Waals surface area contributed by atoms with Gasteiger partial charge in [-0.05, 0) is 18.1 Å². The Hall–Kier alpha value is -1.84. The van der Waals surface area contributed by atoms with Crippen molar-refractivity contribution in [3.8, 4) is 5.88 Å². The maximum Gasteiger partial charge on any atom is 0.253 e. The van der Waals surface area contributed by atoms with Gasteiger partial charge in [-0.1, -0.05) is 24.3 Å². The minimum Gasteiger partial charge on any atom is -0.471 e. The first-order chi connectivity index (χ1) is 6.86. The number of ether oxygens (including phenoxy) is 1. The van der Waals surface area contributed by atoms with Gasteiger partial charge in [0.2, 0.25) is 0 Å². The second kappa shape index (κ2) is 3.91. The zero-order chi connectivity index (χ0) is 9.80. The van der Waals surface area contributed by atoms with E-state index in [-0.39, 0.29) is 0 Å². The lowest BCUT2D eigenvalue weighted by Gasteiger charge is -2.04. The molecule has 1 aromatic heterocycles. The van der Waals surface area contributed by atoms with E-state index in [2.05, 4.69) is 28.4 Å². The molecule has 2 aromatic rings. The Labute approximate surface area is 81.9 Å². The number of nitrogens with one attached hydrogen (secondary N) is 1. The number of aryl methyl sites for hydroxylation is 1. The predicted octanol–water partition coefficient (Wildman–Crippen LogP) is 1.69. The summed E-state index contributed by atoms with van der Waals surface area (Å²) in [5, 5.41) is 9.95. The highest BCUT2D eigenvalue weighted by atomic mass is 16.5. The van der Waals surface area contributed by atoms with E-state index in [0.717, 1.165) is 5.56 Å². The summed E-state index contributed by atoms with van der Waals surface area (Å²) in [5.74, 6) is 0.522. The molecule has 0 fully saturated rings. The normalized spacial score (nSPS) is 10.1. The van der Waals surface area contributed by atoms with Crippen molar-refractivity contribution in [1.29, 1.82) is 0 Å². The van der Waals surface area contributed by atoms with Gasteiger partial charge in [0.05, 0.1) is 0 Å². The minimum absolute atomic E-state index is 0.522. The third-order valence-corrected chi connectivity index (χ3v) is 2.03. The Bertz CT molecular complexity index is 398. The predicted molar refractivity (Wildman–Crippen MR) is 51.9 cm³/mol. The Balaban J connectivity index is 2.02. The Morgan fingerprint density at radius 3 is 2.93 bits per heavy atom. The molecule has 0 saturated heterocycles. The zero-order valence-corrected chi connectivity index (χ0v) is 7.90. The van der Waals surface area contributed by atoms with Crippen LogP contribution in [0.15, 0.2) is 30.5 Å². The van der Waals surface area contributed by atoms with Gasteiger partial charge in [-0.15, -0.1) is 5.10 Å². The number of rotatable bonds is 3. The van der Waals surface area contributed by atoms with Crippen molar-refractivity contribution < 1.29 is 4.74 Å². The van der Waals surface area contributed by atoms with Gasteiger partial charge in [0, 0.05) is 0 Å². The molecular weight excluding hydrogens is 178 g/mol. The number of nitrogens with zero attached hydrogens (tertiary/aromatic N) is 2. The summed E-state index contributed by atoms with van der Waals surface area (Å²) >= 11 is 0. The van der Waals surface area contributed by atoms with Crippen LogP contribution in [-0.2, 0) is 6.61 Å². The number of H-pyrrole nitrogens is 1. The molecule has 72 valence electrons. The van der Waals surface area contributed by atoms with E-state index in [1.165, 1.54) is 5.56 Å². The van der Waals surface area contributed by atoms with E-state index in [4.69, 9.17) is 4.74 Å². The minimum atomic E-state index is 0.522. The molecule has 4 nitrogen and oxygen atoms in total. The van der Waals surface area contributed by atoms with Gasteiger partial charge in [0.1, 0.15) is 12.8 Å². The molecule has 0 aliphatic heterocycles. The smallest absolute Gasteiger partial charge is 0.253 e. The summed E-state index contributed by atoms with van der Waals surface area (Å²) in [6, 6.07) is 8.10. The molecule has 2 rings (SSSR count). The standard InChI is InChI=1S/C10H11N3O/c1-8-4-2-3-5-9(8)7-14-10-6-11-13-12-10/h2-6H,7H2,1H3,(H,11,12,13). The second-order valence-corrected chi connectivity index (χ2v) is 3.02. The van der Waals surface area contributed by atoms with Crippen LogP contribution in [0.2, 0.25) is 0 Å². The van der Waals surface area contributed by atoms with Crippen molar-refractivity contribution >= 4 is 0 Å². The maximum absolute atomic E-state index is 5.41. The van der Waals surface area contributed by atoms with Crippen molar-refractivity contribution in [2.75, 3.05) is 0 Å². The molecule has 0 unspecified atom stereocenters. The molecule has 0 atom stereocenters. The highest BCUT2D eigenvalue weighted by Crippen LogP contribution is 2.10. The highest BCUT2D eigenvalue weighted by molar-refractivity contribution is 5.25. The molecule has 0 amide bonds. The fourth-order valence-electron chi connectivity index (χ4n) is 1.18. The first-order valence-corrected chi connectivity index (χ1v) is 4.39. The van der Waals surface area contributed by atoms with Crippen LogP contribution in [0.25, 0.3) is 0 Å². The van der Waals surface area contributed by atoms with Crippen LogP contribution >= 0.6 is 0 Å². The Kier molecular flexibility index (Phi) is 2.44. The average molecular weight is 189 g/mol. The molecule has 14 heavy (non-hydrogen) atoms. The second-order valence-electron chi connectivity index (χ2n) is 3.02. The summed E-state index contributed by atoms with van der Waals surface area (Å²) in [7, 11) is 0. The van der Waals surface area contributed by atoms with Gasteiger partial charge in [-0.25, -0.2) is 0 Å². The molecule has 1 N–H and O–H groups in total. The molecule has 4 heteroatoms. The van der Waals surface area contributed by atoms with Crippen LogP contribution in [0.1, 0.15) is 11.1 Å². The molecule has 0 bridgehead atoms. The highest BCUT2D eigenvalue weighted by Gasteiger charge is 1.99. The summed E-state index contributed by atoms with van der Waals surface area (Å²) in [6.07, 6.45) is 1.55. The zero-order valence-electron chi connectivity index (χ0n) is 7.90. The molecule has 0 aliphatic rings. The van der Waals surface area contributed by atoms with Crippen LogP contribution in [0.4, 0.5) is 0 Å². The monoisotopic (exact) mass is 189 g/mol. The van der Waals surface area contributed by atoms with Crippen molar-refractivity contribution in [3.63, 3.8) is 0 Å². The average Bonchev–Trinajstić information content (AvgIpc) is 2.69. The van der Waals surface area contributed by atoms with E-state index in [1.807, 2.05) is 18.2 Å². The fraction of sp³-hybridized carbons (Fsp3) is 0.200.